The summed E-state index contributed by atoms with van der Waals surface area (Å²) in [5, 5.41) is 0. The number of carbonyl (C=O) groups excluding carboxylic acids is 3. The molecule has 0 bridgehead atoms. The van der Waals surface area contributed by atoms with Crippen LogP contribution in [0, 0.1) is 5.92 Å². The summed E-state index contributed by atoms with van der Waals surface area (Å²) in [7, 11) is 0. The van der Waals surface area contributed by atoms with Crippen molar-refractivity contribution < 1.29 is 14.4 Å². The monoisotopic (exact) mass is 403 g/mol. The van der Waals surface area contributed by atoms with Crippen molar-refractivity contribution in [2.24, 2.45) is 5.92 Å². The Morgan fingerprint density at radius 3 is 2.50 bits per heavy atom. The fraction of sp³-hybridized carbons (Fsp3) is 0.417. The van der Waals surface area contributed by atoms with Crippen LogP contribution in [0.5, 0.6) is 0 Å². The Kier molecular flexibility index (Phi) is 4.85. The normalized spacial score (nSPS) is 23.3. The van der Waals surface area contributed by atoms with E-state index in [1.54, 1.807) is 42.7 Å². The number of hydrogen-bond acceptors (Lipinski definition) is 4. The van der Waals surface area contributed by atoms with Gasteiger partial charge < -0.3 is 4.90 Å². The van der Waals surface area contributed by atoms with Crippen molar-refractivity contribution in [3.05, 3.63) is 65.0 Å². The van der Waals surface area contributed by atoms with E-state index < -0.39 is 0 Å². The molecule has 1 aliphatic carbocycles. The molecule has 0 N–H and O–H groups in total. The summed E-state index contributed by atoms with van der Waals surface area (Å²) in [5.41, 5.74) is 2.05. The molecule has 5 rings (SSSR count). The van der Waals surface area contributed by atoms with Crippen molar-refractivity contribution in [1.82, 2.24) is 14.8 Å². The van der Waals surface area contributed by atoms with Gasteiger partial charge in [0, 0.05) is 30.5 Å². The van der Waals surface area contributed by atoms with Gasteiger partial charge in [-0.3, -0.25) is 24.3 Å². The van der Waals surface area contributed by atoms with Crippen molar-refractivity contribution in [3.8, 4) is 0 Å². The Morgan fingerprint density at radius 2 is 1.67 bits per heavy atom. The Morgan fingerprint density at radius 1 is 0.933 bits per heavy atom. The van der Waals surface area contributed by atoms with E-state index in [-0.39, 0.29) is 24.3 Å². The Balaban J connectivity index is 1.39. The molecule has 6 nitrogen and oxygen atoms in total. The van der Waals surface area contributed by atoms with Crippen LogP contribution in [0.15, 0.2) is 42.7 Å². The summed E-state index contributed by atoms with van der Waals surface area (Å²) in [4.78, 5) is 46.3. The van der Waals surface area contributed by atoms with Gasteiger partial charge in [0.15, 0.2) is 0 Å². The van der Waals surface area contributed by atoms with E-state index in [4.69, 9.17) is 0 Å². The molecule has 1 aromatic heterocycles. The molecule has 3 aliphatic rings. The highest BCUT2D eigenvalue weighted by Gasteiger charge is 2.38. The first-order valence-corrected chi connectivity index (χ1v) is 10.8. The quantitative estimate of drug-likeness (QED) is 0.733. The molecule has 2 atom stereocenters. The number of likely N-dealkylation sites (tertiary alicyclic amines) is 1. The number of amides is 3. The van der Waals surface area contributed by atoms with Crippen LogP contribution in [0.4, 0.5) is 0 Å². The zero-order valence-corrected chi connectivity index (χ0v) is 16.9. The molecule has 2 fully saturated rings. The third-order valence-corrected chi connectivity index (χ3v) is 6.81. The predicted octanol–water partition coefficient (Wildman–Crippen LogP) is 3.67. The number of aromatic nitrogens is 1. The lowest BCUT2D eigenvalue weighted by molar-refractivity contribution is 0.0390. The second kappa shape index (κ2) is 7.67. The van der Waals surface area contributed by atoms with Gasteiger partial charge in [0.25, 0.3) is 17.7 Å². The number of pyridine rings is 1. The molecular weight excluding hydrogens is 378 g/mol. The minimum atomic E-state index is -0.337. The van der Waals surface area contributed by atoms with Gasteiger partial charge in [-0.25, -0.2) is 0 Å². The maximum Gasteiger partial charge on any atom is 0.261 e. The second-order valence-electron chi connectivity index (χ2n) is 8.56. The molecule has 1 saturated heterocycles. The molecule has 0 spiro atoms. The lowest BCUT2D eigenvalue weighted by Gasteiger charge is -2.44. The van der Waals surface area contributed by atoms with Crippen LogP contribution in [-0.2, 0) is 6.54 Å². The smallest absolute Gasteiger partial charge is 0.261 e. The van der Waals surface area contributed by atoms with Crippen LogP contribution in [0.25, 0.3) is 0 Å². The molecule has 3 heterocycles. The van der Waals surface area contributed by atoms with Gasteiger partial charge in [0.2, 0.25) is 0 Å². The molecule has 2 aromatic rings. The van der Waals surface area contributed by atoms with Crippen molar-refractivity contribution in [3.63, 3.8) is 0 Å². The molecule has 6 heteroatoms. The van der Waals surface area contributed by atoms with Gasteiger partial charge in [-0.1, -0.05) is 12.8 Å². The lowest BCUT2D eigenvalue weighted by Crippen LogP contribution is -2.49. The minimum Gasteiger partial charge on any atom is -0.335 e. The summed E-state index contributed by atoms with van der Waals surface area (Å²) in [6.07, 6.45) is 10.2. The number of benzene rings is 1. The molecule has 30 heavy (non-hydrogen) atoms. The third-order valence-electron chi connectivity index (χ3n) is 6.81. The van der Waals surface area contributed by atoms with Crippen molar-refractivity contribution in [1.29, 1.82) is 0 Å². The SMILES string of the molecule is O=C1c2ccc(C(=O)N3CCC[C@@H]4CCCC[C@@H]43)cc2C(=O)N1Cc1ccncc1. The highest BCUT2D eigenvalue weighted by atomic mass is 16.2. The average molecular weight is 403 g/mol. The largest absolute Gasteiger partial charge is 0.335 e. The van der Waals surface area contributed by atoms with E-state index in [1.807, 2.05) is 4.90 Å². The number of imide groups is 1. The topological polar surface area (TPSA) is 70.6 Å². The summed E-state index contributed by atoms with van der Waals surface area (Å²) in [5.74, 6) is -0.0565. The van der Waals surface area contributed by atoms with E-state index >= 15 is 0 Å². The first-order valence-electron chi connectivity index (χ1n) is 10.8. The van der Waals surface area contributed by atoms with E-state index in [9.17, 15) is 14.4 Å². The molecule has 1 aromatic carbocycles. The second-order valence-corrected chi connectivity index (χ2v) is 8.56. The number of carbonyl (C=O) groups is 3. The van der Waals surface area contributed by atoms with Gasteiger partial charge in [-0.2, -0.15) is 0 Å². The standard InChI is InChI=1S/C24H25N3O3/c28-22(26-13-3-5-17-4-1-2-6-21(17)26)18-7-8-19-20(14-18)24(30)27(23(19)29)15-16-9-11-25-12-10-16/h7-12,14,17,21H,1-6,13,15H2/t17-,21-/m0/s1. The average Bonchev–Trinajstić information content (AvgIpc) is 3.03. The van der Waals surface area contributed by atoms with Gasteiger partial charge in [-0.15, -0.1) is 0 Å². The molecule has 154 valence electrons. The van der Waals surface area contributed by atoms with Crippen LogP contribution >= 0.6 is 0 Å². The Labute approximate surface area is 175 Å². The van der Waals surface area contributed by atoms with Crippen molar-refractivity contribution >= 4 is 17.7 Å². The van der Waals surface area contributed by atoms with E-state index in [0.717, 1.165) is 24.9 Å². The number of nitrogens with zero attached hydrogens (tertiary/aromatic N) is 3. The van der Waals surface area contributed by atoms with Crippen LogP contribution in [-0.4, -0.2) is 45.1 Å². The Bertz CT molecular complexity index is 1000. The van der Waals surface area contributed by atoms with Crippen LogP contribution in [0.3, 0.4) is 0 Å². The van der Waals surface area contributed by atoms with Gasteiger partial charge in [-0.05, 0) is 67.5 Å². The fourth-order valence-corrected chi connectivity index (χ4v) is 5.28. The van der Waals surface area contributed by atoms with Gasteiger partial charge in [0.1, 0.15) is 0 Å². The highest BCUT2D eigenvalue weighted by Crippen LogP contribution is 2.36. The summed E-state index contributed by atoms with van der Waals surface area (Å²) in [6.45, 7) is 0.978. The summed E-state index contributed by atoms with van der Waals surface area (Å²) >= 11 is 0. The maximum atomic E-state index is 13.3. The van der Waals surface area contributed by atoms with E-state index in [0.29, 0.717) is 28.7 Å². The number of fused-ring (bicyclic) bond motifs is 2. The van der Waals surface area contributed by atoms with E-state index in [2.05, 4.69) is 4.98 Å². The zero-order chi connectivity index (χ0) is 20.7. The predicted molar refractivity (Wildman–Crippen MR) is 111 cm³/mol. The first-order chi connectivity index (χ1) is 14.6. The highest BCUT2D eigenvalue weighted by molar-refractivity contribution is 6.22. The fourth-order valence-electron chi connectivity index (χ4n) is 5.28. The first kappa shape index (κ1) is 19.0. The summed E-state index contributed by atoms with van der Waals surface area (Å²) in [6, 6.07) is 8.85. The van der Waals surface area contributed by atoms with Crippen LogP contribution in [0.1, 0.15) is 75.2 Å². The maximum absolute atomic E-state index is 13.3. The molecule has 0 radical (unpaired) electrons. The van der Waals surface area contributed by atoms with Gasteiger partial charge in [0.05, 0.1) is 17.7 Å². The van der Waals surface area contributed by atoms with Gasteiger partial charge >= 0.3 is 0 Å². The van der Waals surface area contributed by atoms with Crippen molar-refractivity contribution in [2.75, 3.05) is 6.54 Å². The lowest BCUT2D eigenvalue weighted by atomic mass is 9.78. The molecule has 3 amide bonds. The zero-order valence-electron chi connectivity index (χ0n) is 16.9. The third kappa shape index (κ3) is 3.20. The minimum absolute atomic E-state index is 0.0118. The van der Waals surface area contributed by atoms with Crippen molar-refractivity contribution in [2.45, 2.75) is 51.1 Å². The van der Waals surface area contributed by atoms with Crippen LogP contribution < -0.4 is 0 Å². The Hall–Kier alpha value is -3.02. The number of piperidine rings is 1. The molecular formula is C24H25N3O3. The summed E-state index contributed by atoms with van der Waals surface area (Å²) < 4.78 is 0. The van der Waals surface area contributed by atoms with Crippen LogP contribution in [0.2, 0.25) is 0 Å². The number of hydrogen-bond donors (Lipinski definition) is 0. The molecule has 1 saturated carbocycles. The van der Waals surface area contributed by atoms with E-state index in [1.165, 1.54) is 30.6 Å². The molecule has 2 aliphatic heterocycles. The number of rotatable bonds is 3. The molecule has 0 unspecified atom stereocenters.